The number of hydrogen-bond donors (Lipinski definition) is 2. The van der Waals surface area contributed by atoms with Gasteiger partial charge in [-0.25, -0.2) is 9.78 Å². The van der Waals surface area contributed by atoms with Gasteiger partial charge in [0.1, 0.15) is 23.2 Å². The summed E-state index contributed by atoms with van der Waals surface area (Å²) in [6, 6.07) is 17.2. The van der Waals surface area contributed by atoms with E-state index in [-0.39, 0.29) is 23.0 Å². The molecular weight excluding hydrogens is 318 g/mol. The lowest BCUT2D eigenvalue weighted by atomic mass is 10.1. The van der Waals surface area contributed by atoms with Crippen LogP contribution in [0, 0.1) is 11.3 Å². The maximum Gasteiger partial charge on any atom is 0.343 e. The Morgan fingerprint density at radius 3 is 2.52 bits per heavy atom. The number of rotatable bonds is 3. The second kappa shape index (κ2) is 6.68. The smallest absolute Gasteiger partial charge is 0.343 e. The summed E-state index contributed by atoms with van der Waals surface area (Å²) >= 11 is 0. The summed E-state index contributed by atoms with van der Waals surface area (Å²) in [5.74, 6) is -0.221. The molecule has 0 fully saturated rings. The number of anilines is 2. The number of hydrogen-bond acceptors (Lipinski definition) is 7. The first-order valence-electron chi connectivity index (χ1n) is 7.29. The second-order valence-corrected chi connectivity index (χ2v) is 5.09. The number of nitrogen functional groups attached to an aromatic ring is 2. The minimum Gasteiger partial charge on any atom is -0.423 e. The molecule has 0 bridgehead atoms. The zero-order valence-corrected chi connectivity index (χ0v) is 13.0. The van der Waals surface area contributed by atoms with Crippen LogP contribution in [0.3, 0.4) is 0 Å². The van der Waals surface area contributed by atoms with E-state index in [0.29, 0.717) is 16.9 Å². The van der Waals surface area contributed by atoms with Crippen LogP contribution in [0.25, 0.3) is 11.3 Å². The third-order valence-corrected chi connectivity index (χ3v) is 3.39. The molecule has 7 heteroatoms. The lowest BCUT2D eigenvalue weighted by Gasteiger charge is -2.09. The number of aromatic nitrogens is 2. The van der Waals surface area contributed by atoms with Crippen molar-refractivity contribution in [3.63, 3.8) is 0 Å². The summed E-state index contributed by atoms with van der Waals surface area (Å²) in [5.41, 5.74) is 12.7. The Morgan fingerprint density at radius 1 is 1.04 bits per heavy atom. The summed E-state index contributed by atoms with van der Waals surface area (Å²) in [4.78, 5) is 20.0. The van der Waals surface area contributed by atoms with Gasteiger partial charge < -0.3 is 16.2 Å². The van der Waals surface area contributed by atoms with Crippen molar-refractivity contribution in [2.45, 2.75) is 0 Å². The fourth-order valence-electron chi connectivity index (χ4n) is 2.26. The van der Waals surface area contributed by atoms with Crippen LogP contribution in [0.2, 0.25) is 0 Å². The Labute approximate surface area is 143 Å². The largest absolute Gasteiger partial charge is 0.423 e. The summed E-state index contributed by atoms with van der Waals surface area (Å²) in [6.45, 7) is 0. The Morgan fingerprint density at radius 2 is 1.80 bits per heavy atom. The van der Waals surface area contributed by atoms with Crippen molar-refractivity contribution < 1.29 is 9.53 Å². The van der Waals surface area contributed by atoms with E-state index < -0.39 is 5.97 Å². The van der Waals surface area contributed by atoms with Gasteiger partial charge in [0.15, 0.2) is 0 Å². The van der Waals surface area contributed by atoms with Crippen LogP contribution in [-0.4, -0.2) is 15.9 Å². The van der Waals surface area contributed by atoms with Gasteiger partial charge in [-0.1, -0.05) is 30.3 Å². The first-order chi connectivity index (χ1) is 12.1. The summed E-state index contributed by atoms with van der Waals surface area (Å²) in [6.07, 6.45) is 0. The molecule has 0 atom stereocenters. The number of ether oxygens (including phenoxy) is 1. The highest BCUT2D eigenvalue weighted by Gasteiger charge is 2.15. The Bertz CT molecular complexity index is 981. The molecule has 0 saturated heterocycles. The molecule has 3 rings (SSSR count). The highest BCUT2D eigenvalue weighted by molar-refractivity contribution is 5.91. The molecule has 3 aromatic rings. The molecule has 0 amide bonds. The average molecular weight is 331 g/mol. The lowest BCUT2D eigenvalue weighted by molar-refractivity contribution is 0.0735. The zero-order chi connectivity index (χ0) is 17.8. The van der Waals surface area contributed by atoms with Gasteiger partial charge >= 0.3 is 5.97 Å². The van der Waals surface area contributed by atoms with Crippen molar-refractivity contribution in [1.82, 2.24) is 9.97 Å². The molecule has 7 nitrogen and oxygen atoms in total. The highest BCUT2D eigenvalue weighted by Crippen LogP contribution is 2.28. The number of carbonyl (C=O) groups excluding carboxylic acids is 1. The standard InChI is InChI=1S/C18H13N5O2/c19-10-14-15(22-18(21)23-16(14)20)12-7-4-8-13(9-12)25-17(24)11-5-2-1-3-6-11/h1-9H,(H4,20,21,22,23). The van der Waals surface area contributed by atoms with E-state index in [2.05, 4.69) is 9.97 Å². The fraction of sp³-hybridized carbons (Fsp3) is 0. The van der Waals surface area contributed by atoms with Crippen LogP contribution in [0.5, 0.6) is 5.75 Å². The third kappa shape index (κ3) is 3.38. The molecule has 0 aliphatic rings. The molecule has 0 unspecified atom stereocenters. The van der Waals surface area contributed by atoms with Crippen molar-refractivity contribution >= 4 is 17.7 Å². The molecule has 0 aliphatic carbocycles. The number of benzene rings is 2. The van der Waals surface area contributed by atoms with Crippen molar-refractivity contribution in [1.29, 1.82) is 5.26 Å². The van der Waals surface area contributed by atoms with Crippen LogP contribution >= 0.6 is 0 Å². The van der Waals surface area contributed by atoms with E-state index in [0.717, 1.165) is 0 Å². The number of esters is 1. The molecule has 0 spiro atoms. The normalized spacial score (nSPS) is 10.0. The van der Waals surface area contributed by atoms with Crippen LogP contribution in [-0.2, 0) is 0 Å². The Kier molecular flexibility index (Phi) is 4.26. The van der Waals surface area contributed by atoms with Crippen LogP contribution < -0.4 is 16.2 Å². The number of nitriles is 1. The van der Waals surface area contributed by atoms with Crippen molar-refractivity contribution in [2.75, 3.05) is 11.5 Å². The SMILES string of the molecule is N#Cc1c(N)nc(N)nc1-c1cccc(OC(=O)c2ccccc2)c1. The molecule has 1 aromatic heterocycles. The van der Waals surface area contributed by atoms with E-state index in [1.807, 2.05) is 12.1 Å². The van der Waals surface area contributed by atoms with Crippen molar-refractivity contribution in [3.05, 3.63) is 65.7 Å². The van der Waals surface area contributed by atoms with Crippen molar-refractivity contribution in [2.24, 2.45) is 0 Å². The van der Waals surface area contributed by atoms with Crippen LogP contribution in [0.1, 0.15) is 15.9 Å². The maximum atomic E-state index is 12.2. The molecule has 122 valence electrons. The second-order valence-electron chi connectivity index (χ2n) is 5.09. The summed E-state index contributed by atoms with van der Waals surface area (Å²) < 4.78 is 5.37. The lowest BCUT2D eigenvalue weighted by Crippen LogP contribution is -2.08. The van der Waals surface area contributed by atoms with E-state index in [1.54, 1.807) is 48.5 Å². The van der Waals surface area contributed by atoms with Gasteiger partial charge in [0.25, 0.3) is 0 Å². The average Bonchev–Trinajstić information content (AvgIpc) is 2.62. The highest BCUT2D eigenvalue weighted by atomic mass is 16.5. The quantitative estimate of drug-likeness (QED) is 0.557. The summed E-state index contributed by atoms with van der Waals surface area (Å²) in [5, 5.41) is 9.28. The first-order valence-corrected chi connectivity index (χ1v) is 7.29. The number of nitrogens with zero attached hydrogens (tertiary/aromatic N) is 3. The summed E-state index contributed by atoms with van der Waals surface area (Å²) in [7, 11) is 0. The molecule has 0 aliphatic heterocycles. The molecule has 1 heterocycles. The minimum absolute atomic E-state index is 0.00307. The van der Waals surface area contributed by atoms with Crippen LogP contribution in [0.4, 0.5) is 11.8 Å². The Balaban J connectivity index is 1.96. The third-order valence-electron chi connectivity index (χ3n) is 3.39. The van der Waals surface area contributed by atoms with Crippen LogP contribution in [0.15, 0.2) is 54.6 Å². The Hall–Kier alpha value is -3.92. The van der Waals surface area contributed by atoms with E-state index in [4.69, 9.17) is 16.2 Å². The van der Waals surface area contributed by atoms with Gasteiger partial charge in [-0.15, -0.1) is 0 Å². The van der Waals surface area contributed by atoms with Gasteiger partial charge in [-0.05, 0) is 24.3 Å². The van der Waals surface area contributed by atoms with Crippen molar-refractivity contribution in [3.8, 4) is 23.1 Å². The molecule has 2 aromatic carbocycles. The van der Waals surface area contributed by atoms with E-state index in [9.17, 15) is 10.1 Å². The minimum atomic E-state index is -0.486. The predicted octanol–water partition coefficient (Wildman–Crippen LogP) is 2.40. The zero-order valence-electron chi connectivity index (χ0n) is 13.0. The van der Waals surface area contributed by atoms with E-state index >= 15 is 0 Å². The topological polar surface area (TPSA) is 128 Å². The fourth-order valence-corrected chi connectivity index (χ4v) is 2.26. The van der Waals surface area contributed by atoms with Gasteiger partial charge in [-0.2, -0.15) is 10.2 Å². The molecule has 4 N–H and O–H groups in total. The molecule has 25 heavy (non-hydrogen) atoms. The number of carbonyl (C=O) groups is 1. The van der Waals surface area contributed by atoms with Gasteiger partial charge in [-0.3, -0.25) is 0 Å². The predicted molar refractivity (Wildman–Crippen MR) is 92.4 cm³/mol. The van der Waals surface area contributed by atoms with E-state index in [1.165, 1.54) is 0 Å². The van der Waals surface area contributed by atoms with Gasteiger partial charge in [0.2, 0.25) is 5.95 Å². The maximum absolute atomic E-state index is 12.2. The van der Waals surface area contributed by atoms with Gasteiger partial charge in [0.05, 0.1) is 11.3 Å². The molecule has 0 radical (unpaired) electrons. The number of nitrogens with two attached hydrogens (primary N) is 2. The monoisotopic (exact) mass is 331 g/mol. The molecular formula is C18H13N5O2. The van der Waals surface area contributed by atoms with Gasteiger partial charge in [0, 0.05) is 5.56 Å². The first kappa shape index (κ1) is 16.0. The molecule has 0 saturated carbocycles.